The second-order valence-electron chi connectivity index (χ2n) is 8.03. The zero-order valence-electron chi connectivity index (χ0n) is 17.0. The third kappa shape index (κ3) is 4.18. The minimum atomic E-state index is -0.639. The molecule has 1 aromatic heterocycles. The van der Waals surface area contributed by atoms with Gasteiger partial charge in [0.05, 0.1) is 23.5 Å². The summed E-state index contributed by atoms with van der Waals surface area (Å²) in [6, 6.07) is 7.57. The molecule has 31 heavy (non-hydrogen) atoms. The topological polar surface area (TPSA) is 81.2 Å². The molecule has 4 rings (SSSR count). The van der Waals surface area contributed by atoms with Gasteiger partial charge >= 0.3 is 0 Å². The van der Waals surface area contributed by atoms with Gasteiger partial charge < -0.3 is 20.3 Å². The van der Waals surface area contributed by atoms with Crippen molar-refractivity contribution in [3.05, 3.63) is 71.3 Å². The van der Waals surface area contributed by atoms with Crippen molar-refractivity contribution in [2.45, 2.75) is 13.3 Å². The lowest BCUT2D eigenvalue weighted by molar-refractivity contribution is -0.0279. The van der Waals surface area contributed by atoms with Gasteiger partial charge in [-0.1, -0.05) is 12.1 Å². The number of aromatic amines is 1. The highest BCUT2D eigenvalue weighted by Gasteiger charge is 2.46. The van der Waals surface area contributed by atoms with Crippen LogP contribution >= 0.6 is 9.24 Å². The number of nitrogens with one attached hydrogen (secondary N) is 2. The molecule has 0 aliphatic carbocycles. The molecular weight excluding hydrogens is 421 g/mol. The first-order chi connectivity index (χ1) is 14.8. The smallest absolute Gasteiger partial charge is 0.256 e. The number of H-pyrrole nitrogens is 1. The minimum absolute atomic E-state index is 0.0761. The first kappa shape index (κ1) is 21.4. The number of benzene rings is 2. The lowest BCUT2D eigenvalue weighted by Gasteiger charge is -2.49. The number of anilines is 2. The predicted molar refractivity (Wildman–Crippen MR) is 118 cm³/mol. The second-order valence-corrected chi connectivity index (χ2v) is 8.65. The predicted octanol–water partition coefficient (Wildman–Crippen LogP) is 2.92. The molecule has 2 heterocycles. The summed E-state index contributed by atoms with van der Waals surface area (Å²) in [5.41, 5.74) is 0.349. The third-order valence-corrected chi connectivity index (χ3v) is 6.00. The molecule has 1 unspecified atom stereocenters. The Morgan fingerprint density at radius 1 is 1.32 bits per heavy atom. The summed E-state index contributed by atoms with van der Waals surface area (Å²) in [5.74, 6) is -0.826. The number of aliphatic hydroxyl groups is 1. The van der Waals surface area contributed by atoms with E-state index >= 15 is 0 Å². The number of aliphatic hydroxyl groups excluding tert-OH is 1. The zero-order valence-corrected chi connectivity index (χ0v) is 18.1. The Balaban J connectivity index is 1.58. The van der Waals surface area contributed by atoms with Gasteiger partial charge in [0.1, 0.15) is 11.6 Å². The maximum Gasteiger partial charge on any atom is 0.256 e. The summed E-state index contributed by atoms with van der Waals surface area (Å²) in [6.45, 7) is 2.28. The quantitative estimate of drug-likeness (QED) is 0.511. The van der Waals surface area contributed by atoms with Crippen molar-refractivity contribution in [2.24, 2.45) is 5.41 Å². The molecule has 0 radical (unpaired) electrons. The monoisotopic (exact) mass is 444 g/mol. The summed E-state index contributed by atoms with van der Waals surface area (Å²) in [4.78, 5) is 21.9. The van der Waals surface area contributed by atoms with E-state index in [0.29, 0.717) is 19.5 Å². The third-order valence-electron chi connectivity index (χ3n) is 5.56. The molecule has 6 nitrogen and oxygen atoms in total. The maximum atomic E-state index is 14.9. The van der Waals surface area contributed by atoms with Gasteiger partial charge in [0, 0.05) is 42.6 Å². The molecule has 1 aliphatic rings. The van der Waals surface area contributed by atoms with E-state index < -0.39 is 17.0 Å². The van der Waals surface area contributed by atoms with Crippen LogP contribution in [-0.2, 0) is 6.42 Å². The van der Waals surface area contributed by atoms with Crippen molar-refractivity contribution in [3.8, 4) is 0 Å². The van der Waals surface area contributed by atoms with Gasteiger partial charge in [0.2, 0.25) is 0 Å². The van der Waals surface area contributed by atoms with Crippen molar-refractivity contribution < 1.29 is 18.7 Å². The van der Waals surface area contributed by atoms with Crippen LogP contribution in [0.15, 0.2) is 42.7 Å². The average molecular weight is 444 g/mol. The number of amides is 1. The number of carbonyl (C=O) groups is 1. The van der Waals surface area contributed by atoms with Crippen LogP contribution in [0, 0.1) is 24.0 Å². The minimum Gasteiger partial charge on any atom is -0.396 e. The van der Waals surface area contributed by atoms with E-state index in [1.165, 1.54) is 24.3 Å². The number of nitrogens with zero attached hydrogens (tertiary/aromatic N) is 2. The lowest BCUT2D eigenvalue weighted by atomic mass is 9.77. The van der Waals surface area contributed by atoms with E-state index in [2.05, 4.69) is 24.5 Å². The molecule has 1 amide bonds. The zero-order chi connectivity index (χ0) is 22.2. The van der Waals surface area contributed by atoms with Gasteiger partial charge in [-0.3, -0.25) is 4.79 Å². The molecule has 3 aromatic rings. The van der Waals surface area contributed by atoms with Crippen LogP contribution in [0.2, 0.25) is 0 Å². The largest absolute Gasteiger partial charge is 0.396 e. The van der Waals surface area contributed by atoms with Gasteiger partial charge in [-0.15, -0.1) is 9.24 Å². The Kier molecular flexibility index (Phi) is 5.77. The number of aromatic nitrogens is 2. The molecule has 9 heteroatoms. The Labute approximate surface area is 180 Å². The Hall–Kier alpha value is -2.83. The van der Waals surface area contributed by atoms with E-state index in [0.717, 1.165) is 11.4 Å². The number of hydrogen-bond acceptors (Lipinski definition) is 4. The second kappa shape index (κ2) is 8.36. The van der Waals surface area contributed by atoms with E-state index in [-0.39, 0.29) is 34.8 Å². The van der Waals surface area contributed by atoms with Crippen molar-refractivity contribution >= 4 is 31.8 Å². The number of likely N-dealkylation sites (tertiary alicyclic amines) is 1. The highest BCUT2D eigenvalue weighted by Crippen LogP contribution is 2.36. The Bertz CT molecular complexity index is 1110. The molecule has 1 atom stereocenters. The van der Waals surface area contributed by atoms with Crippen LogP contribution in [0.5, 0.6) is 0 Å². The Morgan fingerprint density at radius 3 is 2.74 bits per heavy atom. The number of carbonyl (C=O) groups excluding carboxylic acids is 1. The molecule has 0 saturated carbocycles. The van der Waals surface area contributed by atoms with Gasteiger partial charge in [-0.2, -0.15) is 0 Å². The fourth-order valence-corrected chi connectivity index (χ4v) is 4.08. The van der Waals surface area contributed by atoms with E-state index in [4.69, 9.17) is 0 Å². The summed E-state index contributed by atoms with van der Waals surface area (Å²) < 4.78 is 29.3. The van der Waals surface area contributed by atoms with E-state index in [1.54, 1.807) is 30.3 Å². The molecule has 162 valence electrons. The number of rotatable bonds is 6. The molecule has 1 aliphatic heterocycles. The van der Waals surface area contributed by atoms with Crippen molar-refractivity contribution in [1.82, 2.24) is 14.9 Å². The fourth-order valence-electron chi connectivity index (χ4n) is 3.84. The first-order valence-corrected chi connectivity index (χ1v) is 10.4. The average Bonchev–Trinajstić information content (AvgIpc) is 3.22. The van der Waals surface area contributed by atoms with Crippen LogP contribution < -0.4 is 10.6 Å². The van der Waals surface area contributed by atoms with Crippen molar-refractivity contribution in [2.75, 3.05) is 25.0 Å². The number of aryl methyl sites for hydroxylation is 1. The van der Waals surface area contributed by atoms with Gasteiger partial charge in [0.15, 0.2) is 5.82 Å². The summed E-state index contributed by atoms with van der Waals surface area (Å²) >= 11 is 0. The fraction of sp³-hybridized carbons (Fsp3) is 0.273. The van der Waals surface area contributed by atoms with Crippen LogP contribution in [0.4, 0.5) is 20.2 Å². The van der Waals surface area contributed by atoms with Crippen LogP contribution in [0.1, 0.15) is 21.7 Å². The highest BCUT2D eigenvalue weighted by atomic mass is 31.0. The molecule has 3 N–H and O–H groups in total. The van der Waals surface area contributed by atoms with Crippen molar-refractivity contribution in [1.29, 1.82) is 0 Å². The molecule has 2 aromatic carbocycles. The highest BCUT2D eigenvalue weighted by molar-refractivity contribution is 7.27. The van der Waals surface area contributed by atoms with Gasteiger partial charge in [0.25, 0.3) is 5.91 Å². The van der Waals surface area contributed by atoms with Gasteiger partial charge in [-0.25, -0.2) is 13.8 Å². The first-order valence-electron chi connectivity index (χ1n) is 9.81. The SMILES string of the molecule is Cc1ccc(Nc2c(C(=O)N3CC(CO)(Cc4ncc[nH]4)C3)ccc(P)c2F)c(F)c1. The van der Waals surface area contributed by atoms with Crippen LogP contribution in [0.3, 0.4) is 0 Å². The van der Waals surface area contributed by atoms with Crippen LogP contribution in [0.25, 0.3) is 0 Å². The molecule has 0 spiro atoms. The lowest BCUT2D eigenvalue weighted by Crippen LogP contribution is -2.61. The summed E-state index contributed by atoms with van der Waals surface area (Å²) in [7, 11) is 2.27. The molecule has 0 bridgehead atoms. The van der Waals surface area contributed by atoms with E-state index in [1.807, 2.05) is 0 Å². The van der Waals surface area contributed by atoms with E-state index in [9.17, 15) is 18.7 Å². The maximum absolute atomic E-state index is 14.9. The number of halogens is 2. The molecular formula is C22H23F2N4O2P. The summed E-state index contributed by atoms with van der Waals surface area (Å²) in [6.07, 6.45) is 3.84. The van der Waals surface area contributed by atoms with Crippen LogP contribution in [-0.4, -0.2) is 45.6 Å². The molecule has 1 saturated heterocycles. The Morgan fingerprint density at radius 2 is 2.10 bits per heavy atom. The summed E-state index contributed by atoms with van der Waals surface area (Å²) in [5, 5.41) is 12.9. The normalized spacial score (nSPS) is 14.9. The standard InChI is InChI=1S/C22H23F2N4O2P/c1-13-2-4-16(15(23)8-13)27-20-14(3-5-17(31)19(20)24)21(30)28-10-22(11-28,12-29)9-18-25-6-7-26-18/h2-8,27,29H,9-12,31H2,1H3,(H,25,26). The molecule has 1 fully saturated rings. The van der Waals surface area contributed by atoms with Crippen molar-refractivity contribution in [3.63, 3.8) is 0 Å². The van der Waals surface area contributed by atoms with Gasteiger partial charge in [-0.05, 0) is 30.7 Å². The number of imidazole rings is 1. The number of hydrogen-bond donors (Lipinski definition) is 3.